The molecule has 4 rings (SSSR count). The number of hydrogen-bond acceptors (Lipinski definition) is 5. The maximum atomic E-state index is 13.7. The molecule has 0 radical (unpaired) electrons. The van der Waals surface area contributed by atoms with E-state index in [9.17, 15) is 9.50 Å². The second-order valence-electron chi connectivity index (χ2n) is 6.83. The molecule has 0 bridgehead atoms. The predicted octanol–water partition coefficient (Wildman–Crippen LogP) is 3.77. The molecule has 2 aliphatic rings. The van der Waals surface area contributed by atoms with Crippen LogP contribution in [0.25, 0.3) is 0 Å². The average molecular weight is 360 g/mol. The van der Waals surface area contributed by atoms with Gasteiger partial charge in [-0.05, 0) is 48.9 Å². The number of nitrogens with zero attached hydrogens (tertiary/aromatic N) is 2. The van der Waals surface area contributed by atoms with Crippen LogP contribution in [0.3, 0.4) is 0 Å². The van der Waals surface area contributed by atoms with Crippen molar-refractivity contribution in [2.45, 2.75) is 24.0 Å². The first-order chi connectivity index (χ1) is 12.2. The SMILES string of the molecule is Oc1ccc(SCN2CC3CC(Oc4ccccc4F)CC3C2)nc1. The Balaban J connectivity index is 1.26. The lowest BCUT2D eigenvalue weighted by Gasteiger charge is -2.19. The van der Waals surface area contributed by atoms with Crippen molar-refractivity contribution in [1.29, 1.82) is 0 Å². The number of ether oxygens (including phenoxy) is 1. The third kappa shape index (κ3) is 3.90. The topological polar surface area (TPSA) is 45.6 Å². The zero-order chi connectivity index (χ0) is 17.2. The van der Waals surface area contributed by atoms with Crippen LogP contribution >= 0.6 is 11.8 Å². The van der Waals surface area contributed by atoms with Crippen molar-refractivity contribution in [2.75, 3.05) is 19.0 Å². The Labute approximate surface area is 151 Å². The molecule has 2 aromatic rings. The summed E-state index contributed by atoms with van der Waals surface area (Å²) in [6.45, 7) is 2.12. The number of halogens is 1. The molecule has 1 aromatic heterocycles. The highest BCUT2D eigenvalue weighted by Crippen LogP contribution is 2.40. The van der Waals surface area contributed by atoms with Gasteiger partial charge in [-0.15, -0.1) is 0 Å². The molecular weight excluding hydrogens is 339 g/mol. The molecule has 1 saturated carbocycles. The first-order valence-corrected chi connectivity index (χ1v) is 9.57. The van der Waals surface area contributed by atoms with E-state index in [1.54, 1.807) is 30.0 Å². The van der Waals surface area contributed by atoms with Gasteiger partial charge >= 0.3 is 0 Å². The van der Waals surface area contributed by atoms with E-state index in [0.29, 0.717) is 17.6 Å². The quantitative estimate of drug-likeness (QED) is 0.823. The predicted molar refractivity (Wildman–Crippen MR) is 95.2 cm³/mol. The minimum absolute atomic E-state index is 0.125. The normalized spacial score (nSPS) is 25.9. The van der Waals surface area contributed by atoms with Crippen molar-refractivity contribution in [3.05, 3.63) is 48.4 Å². The molecule has 25 heavy (non-hydrogen) atoms. The number of para-hydroxylation sites is 1. The Kier molecular flexibility index (Phi) is 4.81. The summed E-state index contributed by atoms with van der Waals surface area (Å²) >= 11 is 1.69. The highest BCUT2D eigenvalue weighted by atomic mass is 32.2. The van der Waals surface area contributed by atoms with Gasteiger partial charge in [0.15, 0.2) is 11.6 Å². The number of benzene rings is 1. The first-order valence-electron chi connectivity index (χ1n) is 8.59. The lowest BCUT2D eigenvalue weighted by molar-refractivity contribution is 0.182. The second-order valence-corrected chi connectivity index (χ2v) is 7.79. The number of rotatable bonds is 5. The molecule has 2 fully saturated rings. The van der Waals surface area contributed by atoms with Crippen LogP contribution < -0.4 is 4.74 Å². The molecule has 4 nitrogen and oxygen atoms in total. The maximum absolute atomic E-state index is 13.7. The Morgan fingerprint density at radius 1 is 1.16 bits per heavy atom. The Morgan fingerprint density at radius 3 is 2.60 bits per heavy atom. The summed E-state index contributed by atoms with van der Waals surface area (Å²) in [5.41, 5.74) is 0. The van der Waals surface area contributed by atoms with Crippen LogP contribution in [0.4, 0.5) is 4.39 Å². The molecule has 2 unspecified atom stereocenters. The van der Waals surface area contributed by atoms with Crippen LogP contribution in [0.2, 0.25) is 0 Å². The van der Waals surface area contributed by atoms with Gasteiger partial charge < -0.3 is 9.84 Å². The van der Waals surface area contributed by atoms with Gasteiger partial charge in [-0.2, -0.15) is 0 Å². The smallest absolute Gasteiger partial charge is 0.165 e. The second kappa shape index (κ2) is 7.22. The maximum Gasteiger partial charge on any atom is 0.165 e. The molecule has 1 aromatic carbocycles. The van der Waals surface area contributed by atoms with Gasteiger partial charge in [0, 0.05) is 13.1 Å². The monoisotopic (exact) mass is 360 g/mol. The fourth-order valence-electron chi connectivity index (χ4n) is 3.88. The van der Waals surface area contributed by atoms with Crippen LogP contribution in [-0.4, -0.2) is 40.1 Å². The van der Waals surface area contributed by atoms with Crippen LogP contribution in [0.15, 0.2) is 47.6 Å². The number of aromatic nitrogens is 1. The highest BCUT2D eigenvalue weighted by molar-refractivity contribution is 7.99. The lowest BCUT2D eigenvalue weighted by Crippen LogP contribution is -2.24. The highest BCUT2D eigenvalue weighted by Gasteiger charge is 2.41. The number of aromatic hydroxyl groups is 1. The largest absolute Gasteiger partial charge is 0.506 e. The summed E-state index contributed by atoms with van der Waals surface area (Å²) in [4.78, 5) is 6.66. The number of pyridine rings is 1. The van der Waals surface area contributed by atoms with Gasteiger partial charge in [0.25, 0.3) is 0 Å². The molecule has 0 spiro atoms. The molecule has 1 aliphatic heterocycles. The van der Waals surface area contributed by atoms with Gasteiger partial charge in [0.05, 0.1) is 23.2 Å². The zero-order valence-corrected chi connectivity index (χ0v) is 14.7. The number of thioether (sulfide) groups is 1. The molecule has 6 heteroatoms. The van der Waals surface area contributed by atoms with Crippen molar-refractivity contribution in [3.63, 3.8) is 0 Å². The summed E-state index contributed by atoms with van der Waals surface area (Å²) in [6.07, 6.45) is 3.60. The minimum atomic E-state index is -0.279. The summed E-state index contributed by atoms with van der Waals surface area (Å²) < 4.78 is 19.6. The van der Waals surface area contributed by atoms with Crippen LogP contribution in [0, 0.1) is 17.7 Å². The van der Waals surface area contributed by atoms with Crippen LogP contribution in [0.5, 0.6) is 11.5 Å². The molecule has 2 heterocycles. The molecular formula is C19H21FN2O2S. The van der Waals surface area contributed by atoms with Gasteiger partial charge in [0.2, 0.25) is 0 Å². The van der Waals surface area contributed by atoms with E-state index in [1.807, 2.05) is 12.1 Å². The summed E-state index contributed by atoms with van der Waals surface area (Å²) in [5, 5.41) is 10.2. The zero-order valence-electron chi connectivity index (χ0n) is 13.8. The molecule has 1 aliphatic carbocycles. The van der Waals surface area contributed by atoms with E-state index in [1.165, 1.54) is 12.3 Å². The van der Waals surface area contributed by atoms with E-state index in [4.69, 9.17) is 4.74 Å². The average Bonchev–Trinajstić information content (AvgIpc) is 3.14. The van der Waals surface area contributed by atoms with Crippen molar-refractivity contribution in [2.24, 2.45) is 11.8 Å². The van der Waals surface area contributed by atoms with Crippen molar-refractivity contribution < 1.29 is 14.2 Å². The van der Waals surface area contributed by atoms with Gasteiger partial charge in [-0.3, -0.25) is 4.90 Å². The van der Waals surface area contributed by atoms with E-state index in [0.717, 1.165) is 36.8 Å². The van der Waals surface area contributed by atoms with E-state index < -0.39 is 0 Å². The Hall–Kier alpha value is -1.79. The number of likely N-dealkylation sites (tertiary alicyclic amines) is 1. The van der Waals surface area contributed by atoms with Gasteiger partial charge in [-0.25, -0.2) is 9.37 Å². The molecule has 132 valence electrons. The third-order valence-electron chi connectivity index (χ3n) is 5.03. The van der Waals surface area contributed by atoms with Gasteiger partial charge in [0.1, 0.15) is 5.75 Å². The number of hydrogen-bond donors (Lipinski definition) is 1. The van der Waals surface area contributed by atoms with Crippen molar-refractivity contribution in [1.82, 2.24) is 9.88 Å². The standard InChI is InChI=1S/C19H21FN2O2S/c20-17-3-1-2-4-18(17)24-16-7-13-10-22(11-14(13)8-16)12-25-19-6-5-15(23)9-21-19/h1-6,9,13-14,16,23H,7-8,10-12H2. The van der Waals surface area contributed by atoms with Crippen molar-refractivity contribution >= 4 is 11.8 Å². The third-order valence-corrected chi connectivity index (χ3v) is 6.06. The van der Waals surface area contributed by atoms with E-state index in [2.05, 4.69) is 9.88 Å². The molecule has 0 amide bonds. The fraction of sp³-hybridized carbons (Fsp3) is 0.421. The fourth-order valence-corrected chi connectivity index (χ4v) is 4.70. The molecule has 1 N–H and O–H groups in total. The minimum Gasteiger partial charge on any atom is -0.506 e. The summed E-state index contributed by atoms with van der Waals surface area (Å²) in [5.74, 6) is 2.46. The van der Waals surface area contributed by atoms with Gasteiger partial charge in [-0.1, -0.05) is 23.9 Å². The van der Waals surface area contributed by atoms with Crippen LogP contribution in [-0.2, 0) is 0 Å². The van der Waals surface area contributed by atoms with Crippen molar-refractivity contribution in [3.8, 4) is 11.5 Å². The van der Waals surface area contributed by atoms with E-state index in [-0.39, 0.29) is 17.7 Å². The Bertz CT molecular complexity index is 714. The summed E-state index contributed by atoms with van der Waals surface area (Å²) in [6, 6.07) is 10.2. The lowest BCUT2D eigenvalue weighted by atomic mass is 10.0. The Morgan fingerprint density at radius 2 is 1.92 bits per heavy atom. The molecule has 2 atom stereocenters. The molecule has 1 saturated heterocycles. The first kappa shape index (κ1) is 16.7. The van der Waals surface area contributed by atoms with E-state index >= 15 is 0 Å². The van der Waals surface area contributed by atoms with Crippen LogP contribution in [0.1, 0.15) is 12.8 Å². The number of fused-ring (bicyclic) bond motifs is 1. The summed E-state index contributed by atoms with van der Waals surface area (Å²) in [7, 11) is 0.